The highest BCUT2D eigenvalue weighted by molar-refractivity contribution is 6.29. The molecule has 0 saturated heterocycles. The van der Waals surface area contributed by atoms with Crippen molar-refractivity contribution in [2.24, 2.45) is 0 Å². The minimum absolute atomic E-state index is 0.434. The van der Waals surface area contributed by atoms with Crippen LogP contribution in [0.25, 0.3) is 22.2 Å². The van der Waals surface area contributed by atoms with Gasteiger partial charge in [0.1, 0.15) is 5.15 Å². The smallest absolute Gasteiger partial charge is 0.148 e. The summed E-state index contributed by atoms with van der Waals surface area (Å²) in [6.07, 6.45) is 1.55. The van der Waals surface area contributed by atoms with E-state index in [0.717, 1.165) is 11.0 Å². The number of hydrogen-bond acceptors (Lipinski definition) is 2. The van der Waals surface area contributed by atoms with Crippen LogP contribution in [-0.4, -0.2) is 9.97 Å². The standard InChI is InChI=1S/C12H10.C8H5ClN2/c1-3-7-11(8-4-1)12-9-5-2-6-10-12;9-8-5-10-6-3-1-2-4-7(6)11-8/h1-10H;1-5H. The molecule has 112 valence electrons. The van der Waals surface area contributed by atoms with Gasteiger partial charge in [-0.3, -0.25) is 4.98 Å². The van der Waals surface area contributed by atoms with Crippen LogP contribution in [0.2, 0.25) is 5.15 Å². The molecule has 0 saturated carbocycles. The second-order valence-corrected chi connectivity index (χ2v) is 5.30. The maximum atomic E-state index is 5.65. The zero-order valence-corrected chi connectivity index (χ0v) is 13.2. The fourth-order valence-electron chi connectivity index (χ4n) is 2.20. The van der Waals surface area contributed by atoms with E-state index in [2.05, 4.69) is 58.5 Å². The third kappa shape index (κ3) is 4.15. The lowest BCUT2D eigenvalue weighted by Gasteiger charge is -1.98. The SMILES string of the molecule is Clc1cnc2ccccc2n1.c1ccc(-c2ccccc2)cc1. The topological polar surface area (TPSA) is 25.8 Å². The van der Waals surface area contributed by atoms with Gasteiger partial charge in [-0.15, -0.1) is 0 Å². The molecule has 2 nitrogen and oxygen atoms in total. The van der Waals surface area contributed by atoms with Gasteiger partial charge >= 0.3 is 0 Å². The van der Waals surface area contributed by atoms with E-state index in [1.165, 1.54) is 11.1 Å². The first-order valence-electron chi connectivity index (χ1n) is 7.31. The normalized spacial score (nSPS) is 9.96. The molecule has 0 bridgehead atoms. The van der Waals surface area contributed by atoms with Gasteiger partial charge in [0.05, 0.1) is 17.2 Å². The summed E-state index contributed by atoms with van der Waals surface area (Å²) < 4.78 is 0. The number of fused-ring (bicyclic) bond motifs is 1. The van der Waals surface area contributed by atoms with Gasteiger partial charge in [-0.2, -0.15) is 0 Å². The highest BCUT2D eigenvalue weighted by Crippen LogP contribution is 2.17. The van der Waals surface area contributed by atoms with Gasteiger partial charge in [0, 0.05) is 0 Å². The molecule has 0 aliphatic rings. The lowest BCUT2D eigenvalue weighted by atomic mass is 10.1. The van der Waals surface area contributed by atoms with Crippen LogP contribution in [0.1, 0.15) is 0 Å². The van der Waals surface area contributed by atoms with Gasteiger partial charge in [0.25, 0.3) is 0 Å². The molecule has 0 fully saturated rings. The van der Waals surface area contributed by atoms with Crippen molar-refractivity contribution >= 4 is 22.6 Å². The summed E-state index contributed by atoms with van der Waals surface area (Å²) in [6.45, 7) is 0. The van der Waals surface area contributed by atoms with E-state index in [9.17, 15) is 0 Å². The Kier molecular flexibility index (Phi) is 4.97. The van der Waals surface area contributed by atoms with Gasteiger partial charge < -0.3 is 0 Å². The predicted molar refractivity (Wildman–Crippen MR) is 96.4 cm³/mol. The zero-order chi connectivity index (χ0) is 15.9. The van der Waals surface area contributed by atoms with Crippen LogP contribution in [-0.2, 0) is 0 Å². The molecular formula is C20H15ClN2. The molecule has 3 aromatic carbocycles. The summed E-state index contributed by atoms with van der Waals surface area (Å²) >= 11 is 5.65. The Hall–Kier alpha value is -2.71. The van der Waals surface area contributed by atoms with Crippen LogP contribution in [0.5, 0.6) is 0 Å². The summed E-state index contributed by atoms with van der Waals surface area (Å²) in [6, 6.07) is 28.4. The third-order valence-corrected chi connectivity index (χ3v) is 3.48. The number of halogens is 1. The average molecular weight is 319 g/mol. The second-order valence-electron chi connectivity index (χ2n) is 4.91. The number of nitrogens with zero attached hydrogens (tertiary/aromatic N) is 2. The van der Waals surface area contributed by atoms with Crippen molar-refractivity contribution < 1.29 is 0 Å². The molecule has 0 aliphatic carbocycles. The van der Waals surface area contributed by atoms with Gasteiger partial charge in [-0.1, -0.05) is 84.4 Å². The number of rotatable bonds is 1. The highest BCUT2D eigenvalue weighted by Gasteiger charge is 1.94. The Balaban J connectivity index is 0.000000136. The fraction of sp³-hybridized carbons (Fsp3) is 0. The molecule has 0 N–H and O–H groups in total. The zero-order valence-electron chi connectivity index (χ0n) is 12.4. The van der Waals surface area contributed by atoms with Crippen LogP contribution in [0.15, 0.2) is 91.1 Å². The Bertz CT molecular complexity index is 840. The molecule has 1 aromatic heterocycles. The molecule has 0 radical (unpaired) electrons. The Labute approximate surface area is 140 Å². The van der Waals surface area contributed by atoms with E-state index in [1.54, 1.807) is 6.20 Å². The first-order chi connectivity index (χ1) is 11.3. The van der Waals surface area contributed by atoms with Crippen LogP contribution < -0.4 is 0 Å². The predicted octanol–water partition coefficient (Wildman–Crippen LogP) is 5.64. The minimum atomic E-state index is 0.434. The van der Waals surface area contributed by atoms with Crippen molar-refractivity contribution in [2.75, 3.05) is 0 Å². The Morgan fingerprint density at radius 1 is 0.565 bits per heavy atom. The summed E-state index contributed by atoms with van der Waals surface area (Å²) in [5.41, 5.74) is 4.26. The monoisotopic (exact) mass is 318 g/mol. The van der Waals surface area contributed by atoms with Gasteiger partial charge in [-0.05, 0) is 23.3 Å². The second kappa shape index (κ2) is 7.52. The van der Waals surface area contributed by atoms with Gasteiger partial charge in [0.15, 0.2) is 0 Å². The van der Waals surface area contributed by atoms with E-state index in [0.29, 0.717) is 5.15 Å². The molecule has 3 heteroatoms. The maximum absolute atomic E-state index is 5.65. The summed E-state index contributed by atoms with van der Waals surface area (Å²) in [5.74, 6) is 0. The molecule has 0 atom stereocenters. The van der Waals surface area contributed by atoms with Gasteiger partial charge in [-0.25, -0.2) is 4.98 Å². The van der Waals surface area contributed by atoms with Crippen LogP contribution in [0, 0.1) is 0 Å². The molecule has 4 rings (SSSR count). The van der Waals surface area contributed by atoms with Crippen LogP contribution in [0.4, 0.5) is 0 Å². The van der Waals surface area contributed by atoms with E-state index in [1.807, 2.05) is 36.4 Å². The highest BCUT2D eigenvalue weighted by atomic mass is 35.5. The first kappa shape index (κ1) is 15.2. The summed E-state index contributed by atoms with van der Waals surface area (Å²) in [5, 5.41) is 0.434. The molecule has 23 heavy (non-hydrogen) atoms. The fourth-order valence-corrected chi connectivity index (χ4v) is 2.34. The quantitative estimate of drug-likeness (QED) is 0.454. The third-order valence-electron chi connectivity index (χ3n) is 3.30. The number of hydrogen-bond donors (Lipinski definition) is 0. The van der Waals surface area contributed by atoms with Crippen molar-refractivity contribution in [3.8, 4) is 11.1 Å². The number of aromatic nitrogens is 2. The summed E-state index contributed by atoms with van der Waals surface area (Å²) in [4.78, 5) is 8.16. The molecule has 0 aliphatic heterocycles. The molecular weight excluding hydrogens is 304 g/mol. The summed E-state index contributed by atoms with van der Waals surface area (Å²) in [7, 11) is 0. The minimum Gasteiger partial charge on any atom is -0.251 e. The number of para-hydroxylation sites is 2. The van der Waals surface area contributed by atoms with E-state index in [4.69, 9.17) is 11.6 Å². The van der Waals surface area contributed by atoms with E-state index in [-0.39, 0.29) is 0 Å². The van der Waals surface area contributed by atoms with Gasteiger partial charge in [0.2, 0.25) is 0 Å². The Morgan fingerprint density at radius 3 is 1.61 bits per heavy atom. The molecule has 0 spiro atoms. The van der Waals surface area contributed by atoms with Crippen molar-refractivity contribution in [1.29, 1.82) is 0 Å². The van der Waals surface area contributed by atoms with Crippen LogP contribution >= 0.6 is 11.6 Å². The van der Waals surface area contributed by atoms with Crippen molar-refractivity contribution in [2.45, 2.75) is 0 Å². The van der Waals surface area contributed by atoms with E-state index >= 15 is 0 Å². The van der Waals surface area contributed by atoms with E-state index < -0.39 is 0 Å². The largest absolute Gasteiger partial charge is 0.251 e. The molecule has 4 aromatic rings. The Morgan fingerprint density at radius 2 is 1.04 bits per heavy atom. The number of benzene rings is 3. The van der Waals surface area contributed by atoms with Crippen LogP contribution in [0.3, 0.4) is 0 Å². The maximum Gasteiger partial charge on any atom is 0.148 e. The molecule has 0 amide bonds. The lowest BCUT2D eigenvalue weighted by Crippen LogP contribution is -1.81. The average Bonchev–Trinajstić information content (AvgIpc) is 2.64. The molecule has 0 unspecified atom stereocenters. The molecule has 1 heterocycles. The first-order valence-corrected chi connectivity index (χ1v) is 7.68. The van der Waals surface area contributed by atoms with Crippen molar-refractivity contribution in [1.82, 2.24) is 9.97 Å². The lowest BCUT2D eigenvalue weighted by molar-refractivity contribution is 1.29. The van der Waals surface area contributed by atoms with Crippen molar-refractivity contribution in [3.63, 3.8) is 0 Å². The van der Waals surface area contributed by atoms with Crippen molar-refractivity contribution in [3.05, 3.63) is 96.3 Å².